The summed E-state index contributed by atoms with van der Waals surface area (Å²) in [5.41, 5.74) is 0.953. The van der Waals surface area contributed by atoms with E-state index in [-0.39, 0.29) is 11.9 Å². The zero-order chi connectivity index (χ0) is 11.5. The van der Waals surface area contributed by atoms with Crippen molar-refractivity contribution in [2.24, 2.45) is 0 Å². The van der Waals surface area contributed by atoms with Crippen molar-refractivity contribution in [2.45, 2.75) is 19.9 Å². The van der Waals surface area contributed by atoms with Gasteiger partial charge in [0.05, 0.1) is 23.4 Å². The van der Waals surface area contributed by atoms with Gasteiger partial charge in [-0.1, -0.05) is 0 Å². The van der Waals surface area contributed by atoms with Crippen LogP contribution in [-0.4, -0.2) is 21.1 Å². The zero-order valence-corrected chi connectivity index (χ0v) is 9.84. The van der Waals surface area contributed by atoms with E-state index in [9.17, 15) is 4.79 Å². The lowest BCUT2D eigenvalue weighted by Crippen LogP contribution is -2.25. The van der Waals surface area contributed by atoms with Gasteiger partial charge >= 0.3 is 0 Å². The maximum atomic E-state index is 11.8. The van der Waals surface area contributed by atoms with E-state index >= 15 is 0 Å². The molecule has 6 heteroatoms. The van der Waals surface area contributed by atoms with Gasteiger partial charge in [-0.05, 0) is 13.8 Å². The Kier molecular flexibility index (Phi) is 3.00. The van der Waals surface area contributed by atoms with Crippen molar-refractivity contribution in [1.82, 2.24) is 20.5 Å². The third-order valence-electron chi connectivity index (χ3n) is 2.21. The van der Waals surface area contributed by atoms with Crippen molar-refractivity contribution in [3.8, 4) is 0 Å². The fraction of sp³-hybridized carbons (Fsp3) is 0.300. The molecule has 1 amide bonds. The molecule has 0 fully saturated rings. The molecule has 5 nitrogen and oxygen atoms in total. The fourth-order valence-electron chi connectivity index (χ4n) is 1.32. The van der Waals surface area contributed by atoms with E-state index in [2.05, 4.69) is 20.5 Å². The van der Waals surface area contributed by atoms with Crippen LogP contribution in [-0.2, 0) is 0 Å². The average molecular weight is 236 g/mol. The number of hydrogen-bond acceptors (Lipinski definition) is 4. The molecule has 2 N–H and O–H groups in total. The highest BCUT2D eigenvalue weighted by Crippen LogP contribution is 2.14. The standard InChI is InChI=1S/C10H12N4OS/c1-6(8-3-12-13-4-8)14-10(15)9-5-11-7(2)16-9/h3-6H,1-2H3,(H,12,13)(H,14,15). The summed E-state index contributed by atoms with van der Waals surface area (Å²) in [6.07, 6.45) is 5.06. The fourth-order valence-corrected chi connectivity index (χ4v) is 2.00. The minimum absolute atomic E-state index is 0.0614. The summed E-state index contributed by atoms with van der Waals surface area (Å²) in [5.74, 6) is -0.0979. The Hall–Kier alpha value is -1.69. The lowest BCUT2D eigenvalue weighted by molar-refractivity contribution is 0.0944. The molecular weight excluding hydrogens is 224 g/mol. The summed E-state index contributed by atoms with van der Waals surface area (Å²) in [4.78, 5) is 16.5. The number of thiazole rings is 1. The minimum atomic E-state index is -0.0979. The smallest absolute Gasteiger partial charge is 0.263 e. The highest BCUT2D eigenvalue weighted by atomic mass is 32.1. The van der Waals surface area contributed by atoms with Crippen LogP contribution in [0.3, 0.4) is 0 Å². The number of amides is 1. The Morgan fingerprint density at radius 3 is 2.94 bits per heavy atom. The molecule has 0 aliphatic heterocycles. The van der Waals surface area contributed by atoms with Gasteiger partial charge in [0.2, 0.25) is 0 Å². The number of carbonyl (C=O) groups is 1. The molecule has 16 heavy (non-hydrogen) atoms. The summed E-state index contributed by atoms with van der Waals surface area (Å²) < 4.78 is 0. The molecule has 2 rings (SSSR count). The highest BCUT2D eigenvalue weighted by Gasteiger charge is 2.13. The summed E-state index contributed by atoms with van der Waals surface area (Å²) in [6, 6.07) is -0.0614. The van der Waals surface area contributed by atoms with Gasteiger partial charge in [-0.15, -0.1) is 11.3 Å². The van der Waals surface area contributed by atoms with Crippen LogP contribution in [0, 0.1) is 6.92 Å². The van der Waals surface area contributed by atoms with Crippen LogP contribution < -0.4 is 5.32 Å². The van der Waals surface area contributed by atoms with Crippen LogP contribution in [0.4, 0.5) is 0 Å². The van der Waals surface area contributed by atoms with Crippen molar-refractivity contribution >= 4 is 17.2 Å². The highest BCUT2D eigenvalue weighted by molar-refractivity contribution is 7.13. The number of carbonyl (C=O) groups excluding carboxylic acids is 1. The van der Waals surface area contributed by atoms with Gasteiger partial charge in [0, 0.05) is 11.8 Å². The van der Waals surface area contributed by atoms with E-state index in [4.69, 9.17) is 0 Å². The number of hydrogen-bond donors (Lipinski definition) is 2. The molecule has 0 saturated heterocycles. The van der Waals surface area contributed by atoms with Gasteiger partial charge in [0.15, 0.2) is 0 Å². The Morgan fingerprint density at radius 1 is 1.56 bits per heavy atom. The van der Waals surface area contributed by atoms with Crippen LogP contribution in [0.15, 0.2) is 18.6 Å². The third kappa shape index (κ3) is 2.27. The molecule has 1 atom stereocenters. The van der Waals surface area contributed by atoms with Crippen molar-refractivity contribution in [3.05, 3.63) is 34.0 Å². The second kappa shape index (κ2) is 4.44. The van der Waals surface area contributed by atoms with E-state index in [0.29, 0.717) is 4.88 Å². The number of aromatic amines is 1. The topological polar surface area (TPSA) is 70.7 Å². The number of aryl methyl sites for hydroxylation is 1. The number of rotatable bonds is 3. The second-order valence-corrected chi connectivity index (χ2v) is 4.71. The van der Waals surface area contributed by atoms with Gasteiger partial charge in [0.1, 0.15) is 4.88 Å². The monoisotopic (exact) mass is 236 g/mol. The van der Waals surface area contributed by atoms with Gasteiger partial charge < -0.3 is 5.32 Å². The van der Waals surface area contributed by atoms with Crippen LogP contribution >= 0.6 is 11.3 Å². The molecule has 0 bridgehead atoms. The first-order valence-electron chi connectivity index (χ1n) is 4.89. The molecule has 0 spiro atoms. The summed E-state index contributed by atoms with van der Waals surface area (Å²) in [6.45, 7) is 3.79. The minimum Gasteiger partial charge on any atom is -0.345 e. The van der Waals surface area contributed by atoms with Crippen LogP contribution in [0.5, 0.6) is 0 Å². The van der Waals surface area contributed by atoms with E-state index in [1.54, 1.807) is 18.6 Å². The van der Waals surface area contributed by atoms with Gasteiger partial charge in [0.25, 0.3) is 5.91 Å². The molecule has 2 aromatic heterocycles. The predicted molar refractivity (Wildman–Crippen MR) is 61.3 cm³/mol. The van der Waals surface area contributed by atoms with Crippen LogP contribution in [0.1, 0.15) is 33.2 Å². The first-order valence-corrected chi connectivity index (χ1v) is 5.70. The lowest BCUT2D eigenvalue weighted by Gasteiger charge is -2.10. The second-order valence-electron chi connectivity index (χ2n) is 3.47. The van der Waals surface area contributed by atoms with E-state index in [1.165, 1.54) is 11.3 Å². The zero-order valence-electron chi connectivity index (χ0n) is 9.02. The van der Waals surface area contributed by atoms with Crippen molar-refractivity contribution < 1.29 is 4.79 Å². The maximum Gasteiger partial charge on any atom is 0.263 e. The van der Waals surface area contributed by atoms with E-state index in [0.717, 1.165) is 10.6 Å². The van der Waals surface area contributed by atoms with E-state index < -0.39 is 0 Å². The molecule has 1 unspecified atom stereocenters. The third-order valence-corrected chi connectivity index (χ3v) is 3.12. The van der Waals surface area contributed by atoms with Crippen molar-refractivity contribution in [1.29, 1.82) is 0 Å². The molecule has 0 aliphatic rings. The number of H-pyrrole nitrogens is 1. The van der Waals surface area contributed by atoms with E-state index in [1.807, 2.05) is 13.8 Å². The Morgan fingerprint density at radius 2 is 2.38 bits per heavy atom. The Balaban J connectivity index is 2.03. The number of aromatic nitrogens is 3. The molecule has 0 aromatic carbocycles. The molecule has 2 aromatic rings. The molecular formula is C10H12N4OS. The summed E-state index contributed by atoms with van der Waals surface area (Å²) in [7, 11) is 0. The molecule has 0 aliphatic carbocycles. The number of nitrogens with zero attached hydrogens (tertiary/aromatic N) is 2. The average Bonchev–Trinajstić information content (AvgIpc) is 2.87. The van der Waals surface area contributed by atoms with Crippen LogP contribution in [0.2, 0.25) is 0 Å². The van der Waals surface area contributed by atoms with Gasteiger partial charge in [-0.25, -0.2) is 4.98 Å². The van der Waals surface area contributed by atoms with Crippen molar-refractivity contribution in [3.63, 3.8) is 0 Å². The molecule has 0 saturated carbocycles. The van der Waals surface area contributed by atoms with Crippen LogP contribution in [0.25, 0.3) is 0 Å². The largest absolute Gasteiger partial charge is 0.345 e. The first-order chi connectivity index (χ1) is 7.66. The summed E-state index contributed by atoms with van der Waals surface area (Å²) >= 11 is 1.39. The Labute approximate surface area is 96.9 Å². The number of nitrogens with one attached hydrogen (secondary N) is 2. The lowest BCUT2D eigenvalue weighted by atomic mass is 10.2. The van der Waals surface area contributed by atoms with Crippen molar-refractivity contribution in [2.75, 3.05) is 0 Å². The predicted octanol–water partition coefficient (Wildman–Crippen LogP) is 1.67. The maximum absolute atomic E-state index is 11.8. The van der Waals surface area contributed by atoms with Gasteiger partial charge in [-0.3, -0.25) is 9.89 Å². The Bertz CT molecular complexity index is 477. The molecule has 84 valence electrons. The molecule has 0 radical (unpaired) electrons. The SMILES string of the molecule is Cc1ncc(C(=O)NC(C)c2cn[nH]c2)s1. The first kappa shape index (κ1) is 10.8. The molecule has 2 heterocycles. The van der Waals surface area contributed by atoms with Gasteiger partial charge in [-0.2, -0.15) is 5.10 Å². The normalized spacial score (nSPS) is 12.4. The summed E-state index contributed by atoms with van der Waals surface area (Å²) in [5, 5.41) is 10.3. The quantitative estimate of drug-likeness (QED) is 0.851.